The van der Waals surface area contributed by atoms with E-state index in [0.29, 0.717) is 12.4 Å². The lowest BCUT2D eigenvalue weighted by atomic mass is 10.1. The molecule has 9 heteroatoms. The first-order valence-electron chi connectivity index (χ1n) is 9.43. The van der Waals surface area contributed by atoms with E-state index in [9.17, 15) is 18.0 Å². The normalized spacial score (nSPS) is 11.5. The van der Waals surface area contributed by atoms with Gasteiger partial charge in [0.2, 0.25) is 0 Å². The number of pyridine rings is 1. The zero-order chi connectivity index (χ0) is 22.0. The summed E-state index contributed by atoms with van der Waals surface area (Å²) in [5.41, 5.74) is 1.38. The van der Waals surface area contributed by atoms with E-state index in [1.54, 1.807) is 12.1 Å². The Morgan fingerprint density at radius 1 is 0.968 bits per heavy atom. The quantitative estimate of drug-likeness (QED) is 0.478. The van der Waals surface area contributed by atoms with E-state index >= 15 is 0 Å². The van der Waals surface area contributed by atoms with Gasteiger partial charge in [0, 0.05) is 28.4 Å². The number of H-pyrrole nitrogens is 2. The fourth-order valence-corrected chi connectivity index (χ4v) is 4.59. The molecule has 0 aliphatic heterocycles. The van der Waals surface area contributed by atoms with Crippen LogP contribution in [0, 0.1) is 6.92 Å². The molecule has 0 aliphatic rings. The number of nitrogens with one attached hydrogen (secondary N) is 2. The van der Waals surface area contributed by atoms with Crippen LogP contribution in [0.5, 0.6) is 5.75 Å². The predicted molar refractivity (Wildman–Crippen MR) is 116 cm³/mol. The number of ether oxygens (including phenoxy) is 1. The summed E-state index contributed by atoms with van der Waals surface area (Å²) in [7, 11) is -3.75. The van der Waals surface area contributed by atoms with Gasteiger partial charge in [-0.3, -0.25) is 14.8 Å². The summed E-state index contributed by atoms with van der Waals surface area (Å²) in [6.07, 6.45) is 0. The monoisotopic (exact) mass is 437 g/mol. The predicted octanol–water partition coefficient (Wildman–Crippen LogP) is 2.47. The first-order valence-corrected chi connectivity index (χ1v) is 11.1. The number of nitrogens with zero attached hydrogens (tertiary/aromatic N) is 1. The van der Waals surface area contributed by atoms with E-state index in [2.05, 4.69) is 9.97 Å². The van der Waals surface area contributed by atoms with Crippen LogP contribution in [0.25, 0.3) is 10.9 Å². The van der Waals surface area contributed by atoms with Crippen molar-refractivity contribution in [1.29, 1.82) is 0 Å². The van der Waals surface area contributed by atoms with Crippen LogP contribution < -0.4 is 16.0 Å². The number of rotatable bonds is 6. The van der Waals surface area contributed by atoms with Gasteiger partial charge in [-0.15, -0.1) is 0 Å². The maximum absolute atomic E-state index is 12.6. The molecule has 4 aromatic rings. The molecule has 0 saturated carbocycles. The van der Waals surface area contributed by atoms with Crippen molar-refractivity contribution in [2.45, 2.75) is 24.2 Å². The number of aryl methyl sites for hydroxylation is 1. The van der Waals surface area contributed by atoms with Crippen LogP contribution in [0.4, 0.5) is 0 Å². The van der Waals surface area contributed by atoms with Crippen LogP contribution >= 0.6 is 0 Å². The molecule has 0 aliphatic carbocycles. The third-order valence-corrected chi connectivity index (χ3v) is 6.35. The summed E-state index contributed by atoms with van der Waals surface area (Å²) in [5.74, 6) is 0.0244. The van der Waals surface area contributed by atoms with E-state index in [1.807, 2.05) is 42.2 Å². The van der Waals surface area contributed by atoms with E-state index in [0.717, 1.165) is 28.2 Å². The van der Waals surface area contributed by atoms with Gasteiger partial charge in [-0.2, -0.15) is 0 Å². The Morgan fingerprint density at radius 3 is 2.45 bits per heavy atom. The van der Waals surface area contributed by atoms with Crippen molar-refractivity contribution in [1.82, 2.24) is 15.0 Å². The molecule has 4 rings (SSSR count). The van der Waals surface area contributed by atoms with Crippen molar-refractivity contribution in [2.24, 2.45) is 0 Å². The zero-order valence-corrected chi connectivity index (χ0v) is 17.4. The maximum atomic E-state index is 12.6. The molecular formula is C22H19N3O5S. The van der Waals surface area contributed by atoms with Crippen molar-refractivity contribution in [2.75, 3.05) is 0 Å². The van der Waals surface area contributed by atoms with Crippen LogP contribution in [0.15, 0.2) is 75.1 Å². The number of aromatic amines is 2. The Bertz CT molecular complexity index is 1440. The highest BCUT2D eigenvalue weighted by atomic mass is 32.2. The number of sulfone groups is 1. The zero-order valence-electron chi connectivity index (χ0n) is 16.6. The second kappa shape index (κ2) is 8.19. The highest BCUT2D eigenvalue weighted by Gasteiger charge is 2.17. The average molecular weight is 437 g/mol. The van der Waals surface area contributed by atoms with Gasteiger partial charge in [-0.05, 0) is 43.3 Å². The Morgan fingerprint density at radius 2 is 1.71 bits per heavy atom. The minimum absolute atomic E-state index is 0.0222. The van der Waals surface area contributed by atoms with Crippen LogP contribution in [-0.2, 0) is 22.2 Å². The Hall–Kier alpha value is -3.72. The van der Waals surface area contributed by atoms with Gasteiger partial charge in [-0.1, -0.05) is 18.2 Å². The average Bonchev–Trinajstić information content (AvgIpc) is 2.71. The Kier molecular flexibility index (Phi) is 5.43. The second-order valence-corrected chi connectivity index (χ2v) is 9.06. The first kappa shape index (κ1) is 20.5. The number of aromatic nitrogens is 3. The first-order chi connectivity index (χ1) is 14.8. The van der Waals surface area contributed by atoms with E-state index in [-0.39, 0.29) is 10.6 Å². The SMILES string of the molecule is Cc1cc(COc2ccc(S(=O)(=O)Cc3cc(=O)[nH]c(=O)[nH]3)cc2)c2ccccc2n1. The molecule has 2 heterocycles. The van der Waals surface area contributed by atoms with Gasteiger partial charge < -0.3 is 9.72 Å². The Labute approximate surface area is 177 Å². The molecule has 0 radical (unpaired) electrons. The summed E-state index contributed by atoms with van der Waals surface area (Å²) in [4.78, 5) is 31.6. The molecule has 0 fully saturated rings. The van der Waals surface area contributed by atoms with Crippen molar-refractivity contribution in [3.63, 3.8) is 0 Å². The molecule has 8 nitrogen and oxygen atoms in total. The van der Waals surface area contributed by atoms with Crippen molar-refractivity contribution >= 4 is 20.7 Å². The number of benzene rings is 2. The van der Waals surface area contributed by atoms with E-state index < -0.39 is 26.8 Å². The van der Waals surface area contributed by atoms with E-state index in [4.69, 9.17) is 4.74 Å². The van der Waals surface area contributed by atoms with Crippen molar-refractivity contribution in [3.05, 3.63) is 98.5 Å². The highest BCUT2D eigenvalue weighted by Crippen LogP contribution is 2.22. The molecule has 2 aromatic heterocycles. The fourth-order valence-electron chi connectivity index (χ4n) is 3.30. The molecule has 0 spiro atoms. The Balaban J connectivity index is 1.51. The highest BCUT2D eigenvalue weighted by molar-refractivity contribution is 7.90. The second-order valence-electron chi connectivity index (χ2n) is 7.07. The molecule has 2 N–H and O–H groups in total. The van der Waals surface area contributed by atoms with Crippen molar-refractivity contribution < 1.29 is 13.2 Å². The molecule has 0 unspecified atom stereocenters. The minimum atomic E-state index is -3.75. The molecule has 0 amide bonds. The lowest BCUT2D eigenvalue weighted by Crippen LogP contribution is -2.24. The lowest BCUT2D eigenvalue weighted by molar-refractivity contribution is 0.307. The molecule has 0 saturated heterocycles. The topological polar surface area (TPSA) is 122 Å². The molecule has 158 valence electrons. The smallest absolute Gasteiger partial charge is 0.325 e. The van der Waals surface area contributed by atoms with Gasteiger partial charge in [0.15, 0.2) is 9.84 Å². The van der Waals surface area contributed by atoms with Gasteiger partial charge in [0.25, 0.3) is 5.56 Å². The number of hydrogen-bond donors (Lipinski definition) is 2. The maximum Gasteiger partial charge on any atom is 0.325 e. The van der Waals surface area contributed by atoms with Crippen LogP contribution in [-0.4, -0.2) is 23.4 Å². The number of hydrogen-bond acceptors (Lipinski definition) is 6. The van der Waals surface area contributed by atoms with E-state index in [1.165, 1.54) is 12.1 Å². The summed E-state index contributed by atoms with van der Waals surface area (Å²) < 4.78 is 31.1. The molecular weight excluding hydrogens is 418 g/mol. The van der Waals surface area contributed by atoms with Crippen LogP contribution in [0.1, 0.15) is 17.0 Å². The number of para-hydroxylation sites is 1. The molecule has 0 atom stereocenters. The summed E-state index contributed by atoms with van der Waals surface area (Å²) in [6.45, 7) is 2.23. The van der Waals surface area contributed by atoms with Gasteiger partial charge in [-0.25, -0.2) is 13.2 Å². The fraction of sp³-hybridized carbons (Fsp3) is 0.136. The minimum Gasteiger partial charge on any atom is -0.489 e. The van der Waals surface area contributed by atoms with Gasteiger partial charge in [0.1, 0.15) is 12.4 Å². The van der Waals surface area contributed by atoms with Crippen LogP contribution in [0.2, 0.25) is 0 Å². The number of fused-ring (bicyclic) bond motifs is 1. The van der Waals surface area contributed by atoms with Gasteiger partial charge in [0.05, 0.1) is 16.2 Å². The van der Waals surface area contributed by atoms with Gasteiger partial charge >= 0.3 is 5.69 Å². The summed E-state index contributed by atoms with van der Waals surface area (Å²) >= 11 is 0. The third kappa shape index (κ3) is 4.72. The summed E-state index contributed by atoms with van der Waals surface area (Å²) in [6, 6.07) is 16.8. The summed E-state index contributed by atoms with van der Waals surface area (Å²) in [5, 5.41) is 0.999. The largest absolute Gasteiger partial charge is 0.489 e. The molecule has 2 aromatic carbocycles. The van der Waals surface area contributed by atoms with Crippen LogP contribution in [0.3, 0.4) is 0 Å². The molecule has 31 heavy (non-hydrogen) atoms. The molecule has 0 bridgehead atoms. The van der Waals surface area contributed by atoms with Crippen molar-refractivity contribution in [3.8, 4) is 5.75 Å². The third-order valence-electron chi connectivity index (χ3n) is 4.67. The standard InChI is InChI=1S/C22H19N3O5S/c1-14-10-15(19-4-2-3-5-20(19)23-14)12-30-17-6-8-18(9-7-17)31(28,29)13-16-11-21(26)25-22(27)24-16/h2-11H,12-13H2,1H3,(H2,24,25,26,27). The lowest BCUT2D eigenvalue weighted by Gasteiger charge is -2.11.